The number of nitro groups is 1. The molecule has 1 aromatic carbocycles. The number of amides is 2. The number of nitrogens with zero attached hydrogens (tertiary/aromatic N) is 2. The van der Waals surface area contributed by atoms with Gasteiger partial charge in [-0.1, -0.05) is 11.6 Å². The fraction of sp³-hybridized carbons (Fsp3) is 0.417. The lowest BCUT2D eigenvalue weighted by Gasteiger charge is -2.31. The summed E-state index contributed by atoms with van der Waals surface area (Å²) in [5.74, 6) is 0. The van der Waals surface area contributed by atoms with E-state index in [0.717, 1.165) is 12.8 Å². The first-order valence-electron chi connectivity index (χ1n) is 6.22. The fourth-order valence-corrected chi connectivity index (χ4v) is 2.37. The molecule has 0 saturated carbocycles. The second-order valence-electron chi connectivity index (χ2n) is 4.67. The summed E-state index contributed by atoms with van der Waals surface area (Å²) in [4.78, 5) is 22.9. The molecule has 20 heavy (non-hydrogen) atoms. The molecule has 3 N–H and O–H groups in total. The first-order chi connectivity index (χ1) is 9.47. The Bertz CT molecular complexity index is 529. The van der Waals surface area contributed by atoms with Crippen LogP contribution < -0.4 is 11.1 Å². The lowest BCUT2D eigenvalue weighted by Crippen LogP contribution is -2.44. The Balaban J connectivity index is 2.02. The Morgan fingerprint density at radius 3 is 2.65 bits per heavy atom. The number of non-ortho nitro benzene ring substituents is 1. The number of urea groups is 1. The predicted molar refractivity (Wildman–Crippen MR) is 75.9 cm³/mol. The highest BCUT2D eigenvalue weighted by Crippen LogP contribution is 2.28. The molecule has 2 rings (SSSR count). The maximum atomic E-state index is 11.0. The van der Waals surface area contributed by atoms with E-state index in [1.165, 1.54) is 18.2 Å². The summed E-state index contributed by atoms with van der Waals surface area (Å²) in [7, 11) is 0. The van der Waals surface area contributed by atoms with E-state index in [1.807, 2.05) is 0 Å². The van der Waals surface area contributed by atoms with Crippen LogP contribution in [-0.2, 0) is 0 Å². The van der Waals surface area contributed by atoms with E-state index in [4.69, 9.17) is 17.3 Å². The van der Waals surface area contributed by atoms with Gasteiger partial charge in [0.1, 0.15) is 0 Å². The quantitative estimate of drug-likeness (QED) is 0.659. The van der Waals surface area contributed by atoms with Gasteiger partial charge in [0.05, 0.1) is 15.6 Å². The number of hydrogen-bond donors (Lipinski definition) is 2. The van der Waals surface area contributed by atoms with Crippen LogP contribution in [0.3, 0.4) is 0 Å². The van der Waals surface area contributed by atoms with Gasteiger partial charge in [0.25, 0.3) is 5.69 Å². The number of primary amides is 1. The average Bonchev–Trinajstić information content (AvgIpc) is 2.41. The molecule has 7 nitrogen and oxygen atoms in total. The molecule has 1 aliphatic heterocycles. The molecule has 0 bridgehead atoms. The molecular weight excluding hydrogens is 284 g/mol. The summed E-state index contributed by atoms with van der Waals surface area (Å²) in [5, 5.41) is 14.4. The topological polar surface area (TPSA) is 102 Å². The van der Waals surface area contributed by atoms with Crippen LogP contribution in [0.5, 0.6) is 0 Å². The molecule has 108 valence electrons. The van der Waals surface area contributed by atoms with Crippen molar-refractivity contribution in [3.05, 3.63) is 33.3 Å². The number of likely N-dealkylation sites (tertiary alicyclic amines) is 1. The molecule has 0 unspecified atom stereocenters. The summed E-state index contributed by atoms with van der Waals surface area (Å²) >= 11 is 6.03. The maximum Gasteiger partial charge on any atom is 0.314 e. The number of carbonyl (C=O) groups excluding carboxylic acids is 1. The molecule has 1 saturated heterocycles. The number of rotatable bonds is 3. The van der Waals surface area contributed by atoms with Gasteiger partial charge < -0.3 is 16.0 Å². The number of benzene rings is 1. The highest BCUT2D eigenvalue weighted by molar-refractivity contribution is 6.33. The Morgan fingerprint density at radius 2 is 2.10 bits per heavy atom. The van der Waals surface area contributed by atoms with Crippen molar-refractivity contribution in [2.45, 2.75) is 18.9 Å². The number of nitro benzene ring substituents is 1. The van der Waals surface area contributed by atoms with E-state index >= 15 is 0 Å². The lowest BCUT2D eigenvalue weighted by atomic mass is 10.0. The van der Waals surface area contributed by atoms with Crippen LogP contribution in [0.1, 0.15) is 12.8 Å². The molecule has 1 aromatic rings. The molecule has 0 spiro atoms. The molecular formula is C12H15ClN4O3. The van der Waals surface area contributed by atoms with Crippen molar-refractivity contribution < 1.29 is 9.72 Å². The van der Waals surface area contributed by atoms with Crippen molar-refractivity contribution >= 4 is 29.0 Å². The third-order valence-corrected chi connectivity index (χ3v) is 3.66. The van der Waals surface area contributed by atoms with E-state index in [-0.39, 0.29) is 11.7 Å². The van der Waals surface area contributed by atoms with E-state index < -0.39 is 11.0 Å². The van der Waals surface area contributed by atoms with Crippen LogP contribution in [-0.4, -0.2) is 35.0 Å². The van der Waals surface area contributed by atoms with Crippen molar-refractivity contribution in [3.8, 4) is 0 Å². The highest BCUT2D eigenvalue weighted by atomic mass is 35.5. The Hall–Kier alpha value is -2.02. The number of anilines is 1. The summed E-state index contributed by atoms with van der Waals surface area (Å²) in [6.45, 7) is 1.14. The maximum absolute atomic E-state index is 11.0. The van der Waals surface area contributed by atoms with Gasteiger partial charge in [-0.3, -0.25) is 10.1 Å². The minimum atomic E-state index is -0.461. The van der Waals surface area contributed by atoms with Gasteiger partial charge in [-0.15, -0.1) is 0 Å². The SMILES string of the molecule is NC(=O)N1CCC(Nc2cc([N+](=O)[O-])ccc2Cl)CC1. The predicted octanol–water partition coefficient (Wildman–Crippen LogP) is 2.20. The molecule has 8 heteroatoms. The van der Waals surface area contributed by atoms with Crippen molar-refractivity contribution in [3.63, 3.8) is 0 Å². The zero-order valence-electron chi connectivity index (χ0n) is 10.7. The molecule has 2 amide bonds. The minimum absolute atomic E-state index is 0.00790. The normalized spacial score (nSPS) is 15.9. The van der Waals surface area contributed by atoms with Gasteiger partial charge in [0.2, 0.25) is 0 Å². The Kier molecular flexibility index (Phi) is 4.29. The van der Waals surface area contributed by atoms with Crippen molar-refractivity contribution in [1.29, 1.82) is 0 Å². The second-order valence-corrected chi connectivity index (χ2v) is 5.07. The van der Waals surface area contributed by atoms with E-state index in [9.17, 15) is 14.9 Å². The molecule has 1 heterocycles. The van der Waals surface area contributed by atoms with Gasteiger partial charge >= 0.3 is 6.03 Å². The van der Waals surface area contributed by atoms with Crippen LogP contribution >= 0.6 is 11.6 Å². The molecule has 0 aromatic heterocycles. The zero-order valence-corrected chi connectivity index (χ0v) is 11.5. The Morgan fingerprint density at radius 1 is 1.45 bits per heavy atom. The summed E-state index contributed by atoms with van der Waals surface area (Å²) in [6, 6.07) is 3.98. The average molecular weight is 299 g/mol. The van der Waals surface area contributed by atoms with Crippen LogP contribution in [0.2, 0.25) is 5.02 Å². The first-order valence-corrected chi connectivity index (χ1v) is 6.60. The van der Waals surface area contributed by atoms with Gasteiger partial charge in [0.15, 0.2) is 0 Å². The van der Waals surface area contributed by atoms with Gasteiger partial charge in [-0.25, -0.2) is 4.79 Å². The molecule has 1 aliphatic rings. The third-order valence-electron chi connectivity index (χ3n) is 3.33. The van der Waals surface area contributed by atoms with Crippen LogP contribution in [0.15, 0.2) is 18.2 Å². The first kappa shape index (κ1) is 14.4. The van der Waals surface area contributed by atoms with Crippen molar-refractivity contribution in [1.82, 2.24) is 4.90 Å². The lowest BCUT2D eigenvalue weighted by molar-refractivity contribution is -0.384. The summed E-state index contributed by atoms with van der Waals surface area (Å²) in [6.07, 6.45) is 1.45. The molecule has 0 radical (unpaired) electrons. The van der Waals surface area contributed by atoms with Gasteiger partial charge in [-0.05, 0) is 18.9 Å². The number of nitrogens with two attached hydrogens (primary N) is 1. The van der Waals surface area contributed by atoms with Crippen LogP contribution in [0.4, 0.5) is 16.2 Å². The van der Waals surface area contributed by atoms with Crippen molar-refractivity contribution in [2.24, 2.45) is 5.73 Å². The fourth-order valence-electron chi connectivity index (χ4n) is 2.20. The number of carbonyl (C=O) groups is 1. The standard InChI is InChI=1S/C12H15ClN4O3/c13-10-2-1-9(17(19)20)7-11(10)15-8-3-5-16(6-4-8)12(14)18/h1-2,7-8,15H,3-6H2,(H2,14,18). The van der Waals surface area contributed by atoms with Crippen LogP contribution in [0.25, 0.3) is 0 Å². The molecule has 1 fully saturated rings. The monoisotopic (exact) mass is 298 g/mol. The number of piperidine rings is 1. The highest BCUT2D eigenvalue weighted by Gasteiger charge is 2.22. The van der Waals surface area contributed by atoms with E-state index in [1.54, 1.807) is 4.90 Å². The summed E-state index contributed by atoms with van der Waals surface area (Å²) in [5.41, 5.74) is 5.75. The van der Waals surface area contributed by atoms with Gasteiger partial charge in [-0.2, -0.15) is 0 Å². The number of hydrogen-bond acceptors (Lipinski definition) is 4. The Labute approximate surface area is 120 Å². The zero-order chi connectivity index (χ0) is 14.7. The summed E-state index contributed by atoms with van der Waals surface area (Å²) < 4.78 is 0. The van der Waals surface area contributed by atoms with Crippen molar-refractivity contribution in [2.75, 3.05) is 18.4 Å². The minimum Gasteiger partial charge on any atom is -0.381 e. The number of nitrogens with one attached hydrogen (secondary N) is 1. The van der Waals surface area contributed by atoms with Gasteiger partial charge in [0, 0.05) is 31.3 Å². The van der Waals surface area contributed by atoms with E-state index in [0.29, 0.717) is 23.8 Å². The second kappa shape index (κ2) is 5.96. The number of halogens is 1. The van der Waals surface area contributed by atoms with Crippen LogP contribution in [0, 0.1) is 10.1 Å². The largest absolute Gasteiger partial charge is 0.381 e. The smallest absolute Gasteiger partial charge is 0.314 e. The molecule has 0 atom stereocenters. The van der Waals surface area contributed by atoms with E-state index in [2.05, 4.69) is 5.32 Å². The third kappa shape index (κ3) is 3.30. The molecule has 0 aliphatic carbocycles.